The Kier molecular flexibility index (Phi) is 11.5. The van der Waals surface area contributed by atoms with Crippen molar-refractivity contribution in [2.45, 2.75) is 43.1 Å². The van der Waals surface area contributed by atoms with Gasteiger partial charge in [0.2, 0.25) is 9.84 Å². The molecule has 0 amide bonds. The summed E-state index contributed by atoms with van der Waals surface area (Å²) in [5, 5.41) is 21.7. The number of benzene rings is 3. The second kappa shape index (κ2) is 14.7. The van der Waals surface area contributed by atoms with Crippen molar-refractivity contribution in [3.8, 4) is 0 Å². The molecule has 0 atom stereocenters. The number of rotatable bonds is 8. The Hall–Kier alpha value is -3.97. The van der Waals surface area contributed by atoms with Gasteiger partial charge in [-0.3, -0.25) is 10.1 Å². The molecule has 0 bridgehead atoms. The van der Waals surface area contributed by atoms with E-state index in [9.17, 15) is 18.5 Å². The minimum Gasteiger partial charge on any atom is -0.469 e. The molecule has 4 aromatic rings. The molecule has 3 aromatic carbocycles. The van der Waals surface area contributed by atoms with Gasteiger partial charge in [-0.2, -0.15) is 0 Å². The first-order valence-electron chi connectivity index (χ1n) is 13.0. The number of thiocarbonyl (C=S) groups is 1. The number of nitrogens with one attached hydrogen (secondary N) is 2. The molecule has 4 rings (SSSR count). The predicted molar refractivity (Wildman–Crippen MR) is 178 cm³/mol. The smallest absolute Gasteiger partial charge is 0.288 e. The lowest BCUT2D eigenvalue weighted by Gasteiger charge is -2.15. The first-order chi connectivity index (χ1) is 20.6. The summed E-state index contributed by atoms with van der Waals surface area (Å²) in [6.07, 6.45) is 3.20. The molecule has 2 N–H and O–H groups in total. The number of anilines is 2. The van der Waals surface area contributed by atoms with E-state index in [4.69, 9.17) is 44.7 Å². The van der Waals surface area contributed by atoms with Gasteiger partial charge in [-0.1, -0.05) is 52.7 Å². The fourth-order valence-corrected chi connectivity index (χ4v) is 6.05. The van der Waals surface area contributed by atoms with Crippen LogP contribution in [0.5, 0.6) is 0 Å². The maximum absolute atomic E-state index is 12.7. The highest BCUT2D eigenvalue weighted by molar-refractivity contribution is 7.91. The average molecular weight is 678 g/mol. The molecule has 44 heavy (non-hydrogen) atoms. The molecule has 0 radical (unpaired) electrons. The van der Waals surface area contributed by atoms with Gasteiger partial charge >= 0.3 is 0 Å². The number of halogens is 2. The average Bonchev–Trinajstić information content (AvgIpc) is 3.40. The van der Waals surface area contributed by atoms with Crippen molar-refractivity contribution in [1.82, 2.24) is 0 Å². The maximum atomic E-state index is 12.7. The number of hydrogen-bond donors (Lipinski definition) is 2. The minimum atomic E-state index is -4.07. The molecular weight excluding hydrogens is 647 g/mol. The summed E-state index contributed by atoms with van der Waals surface area (Å²) in [6, 6.07) is 16.8. The van der Waals surface area contributed by atoms with E-state index in [0.29, 0.717) is 15.7 Å². The quantitative estimate of drug-likeness (QED) is 0.0817. The molecule has 10 nitrogen and oxygen atoms in total. The van der Waals surface area contributed by atoms with Crippen LogP contribution in [-0.4, -0.2) is 37.2 Å². The van der Waals surface area contributed by atoms with Crippen molar-refractivity contribution in [2.75, 3.05) is 17.7 Å². The molecule has 1 aromatic heterocycles. The Morgan fingerprint density at radius 3 is 2.39 bits per heavy atom. The fourth-order valence-electron chi connectivity index (χ4n) is 3.66. The van der Waals surface area contributed by atoms with Crippen molar-refractivity contribution in [3.05, 3.63) is 110 Å². The van der Waals surface area contributed by atoms with E-state index < -0.39 is 20.4 Å². The summed E-state index contributed by atoms with van der Waals surface area (Å²) in [5.41, 5.74) is 1.92. The van der Waals surface area contributed by atoms with Crippen LogP contribution in [0.25, 0.3) is 0 Å². The van der Waals surface area contributed by atoms with Crippen LogP contribution in [0, 0.1) is 17.0 Å². The molecule has 14 heteroatoms. The van der Waals surface area contributed by atoms with Crippen LogP contribution in [-0.2, 0) is 14.7 Å². The number of furan rings is 1. The summed E-state index contributed by atoms with van der Waals surface area (Å²) in [7, 11) is -2.51. The molecule has 0 unspecified atom stereocenters. The predicted octanol–water partition coefficient (Wildman–Crippen LogP) is 8.30. The van der Waals surface area contributed by atoms with E-state index in [1.165, 1.54) is 36.4 Å². The summed E-state index contributed by atoms with van der Waals surface area (Å²) in [6.45, 7) is 7.65. The highest BCUT2D eigenvalue weighted by atomic mass is 35.5. The normalized spacial score (nSPS) is 11.4. The van der Waals surface area contributed by atoms with E-state index >= 15 is 0 Å². The van der Waals surface area contributed by atoms with Gasteiger partial charge in [0.05, 0.1) is 33.5 Å². The number of aryl methyl sites for hydroxylation is 1. The fraction of sp³-hybridized carbons (Fsp3) is 0.200. The zero-order chi connectivity index (χ0) is 32.7. The molecule has 0 saturated carbocycles. The first-order valence-corrected chi connectivity index (χ1v) is 15.6. The van der Waals surface area contributed by atoms with Gasteiger partial charge in [0.1, 0.15) is 21.2 Å². The third-order valence-corrected chi connectivity index (χ3v) is 8.47. The zero-order valence-electron chi connectivity index (χ0n) is 24.4. The molecule has 232 valence electrons. The Morgan fingerprint density at radius 1 is 1.07 bits per heavy atom. The SMILES string of the molecule is CNc1ccc(Cl)cc1S(=O)(=O)c1ccccc1[N+](=O)[O-].Cc1occc1C(=S)Nc1ccc(Cl)c(/C=N/OC(C)(C)C)c1. The minimum absolute atomic E-state index is 0.105. The van der Waals surface area contributed by atoms with E-state index in [1.807, 2.05) is 45.9 Å². The number of nitrogens with zero attached hydrogens (tertiary/aromatic N) is 2. The van der Waals surface area contributed by atoms with Gasteiger partial charge in [0.25, 0.3) is 5.69 Å². The van der Waals surface area contributed by atoms with Crippen molar-refractivity contribution < 1.29 is 22.6 Å². The van der Waals surface area contributed by atoms with Crippen LogP contribution >= 0.6 is 35.4 Å². The number of nitro benzene ring substituents is 1. The van der Waals surface area contributed by atoms with E-state index in [-0.39, 0.29) is 20.4 Å². The zero-order valence-corrected chi connectivity index (χ0v) is 27.6. The van der Waals surface area contributed by atoms with Gasteiger partial charge in [-0.15, -0.1) is 0 Å². The van der Waals surface area contributed by atoms with Gasteiger partial charge in [0, 0.05) is 34.4 Å². The second-order valence-electron chi connectivity index (χ2n) is 10.1. The summed E-state index contributed by atoms with van der Waals surface area (Å²) in [4.78, 5) is 15.7. The van der Waals surface area contributed by atoms with Crippen molar-refractivity contribution >= 4 is 73.5 Å². The topological polar surface area (TPSA) is 136 Å². The monoisotopic (exact) mass is 676 g/mol. The molecule has 0 aliphatic heterocycles. The molecule has 0 aliphatic rings. The lowest BCUT2D eigenvalue weighted by Crippen LogP contribution is -2.15. The molecule has 0 aliphatic carbocycles. The van der Waals surface area contributed by atoms with Crippen LogP contribution < -0.4 is 10.6 Å². The Labute approximate surface area is 271 Å². The Morgan fingerprint density at radius 2 is 1.77 bits per heavy atom. The Balaban J connectivity index is 0.000000241. The van der Waals surface area contributed by atoms with Crippen LogP contribution in [0.2, 0.25) is 10.0 Å². The molecule has 0 fully saturated rings. The third-order valence-electron chi connectivity index (χ3n) is 5.73. The van der Waals surface area contributed by atoms with E-state index in [0.717, 1.165) is 28.6 Å². The van der Waals surface area contributed by atoms with Crippen molar-refractivity contribution in [1.29, 1.82) is 0 Å². The molecule has 0 spiro atoms. The van der Waals surface area contributed by atoms with Crippen LogP contribution in [0.4, 0.5) is 17.1 Å². The highest BCUT2D eigenvalue weighted by Gasteiger charge is 2.29. The standard InChI is InChI=1S/C17H19ClN2O2S.C13H11ClN2O4S/c1-11-14(7-8-21-11)16(23)20-13-5-6-15(18)12(9-13)10-19-22-17(2,3)4;1-15-10-7-6-9(14)8-13(10)21(19,20)12-5-3-2-4-11(12)16(17)18/h5-10H,1-4H3,(H,20,23);2-8,15H,1H3/b19-10+;. The number of para-hydroxylation sites is 1. The number of sulfone groups is 1. The van der Waals surface area contributed by atoms with Gasteiger partial charge in [-0.25, -0.2) is 8.42 Å². The largest absolute Gasteiger partial charge is 0.469 e. The number of nitro groups is 1. The van der Waals surface area contributed by atoms with Crippen molar-refractivity contribution in [3.63, 3.8) is 0 Å². The summed E-state index contributed by atoms with van der Waals surface area (Å²) in [5.74, 6) is 0.775. The number of hydrogen-bond acceptors (Lipinski definition) is 9. The lowest BCUT2D eigenvalue weighted by atomic mass is 10.2. The first kappa shape index (κ1) is 34.5. The van der Waals surface area contributed by atoms with E-state index in [1.54, 1.807) is 25.6 Å². The highest BCUT2D eigenvalue weighted by Crippen LogP contribution is 2.34. The van der Waals surface area contributed by atoms with Crippen molar-refractivity contribution in [2.24, 2.45) is 5.16 Å². The third kappa shape index (κ3) is 9.02. The van der Waals surface area contributed by atoms with Crippen LogP contribution in [0.15, 0.2) is 92.4 Å². The lowest BCUT2D eigenvalue weighted by molar-refractivity contribution is -0.387. The molecular formula is C30H30Cl2N4O6S2. The van der Waals surface area contributed by atoms with Gasteiger partial charge in [-0.05, 0) is 76.2 Å². The number of oxime groups is 1. The maximum Gasteiger partial charge on any atom is 0.288 e. The van der Waals surface area contributed by atoms with Crippen LogP contribution in [0.3, 0.4) is 0 Å². The van der Waals surface area contributed by atoms with Gasteiger partial charge in [0.15, 0.2) is 0 Å². The van der Waals surface area contributed by atoms with Crippen LogP contribution in [0.1, 0.15) is 37.7 Å². The molecule has 0 saturated heterocycles. The summed E-state index contributed by atoms with van der Waals surface area (Å²) >= 11 is 17.4. The Bertz CT molecular complexity index is 1800. The summed E-state index contributed by atoms with van der Waals surface area (Å²) < 4.78 is 30.6. The molecule has 1 heterocycles. The van der Waals surface area contributed by atoms with Gasteiger partial charge < -0.3 is 19.9 Å². The second-order valence-corrected chi connectivity index (χ2v) is 13.3. The van der Waals surface area contributed by atoms with E-state index in [2.05, 4.69) is 15.8 Å².